The van der Waals surface area contributed by atoms with E-state index < -0.39 is 0 Å². The average molecular weight is 535 g/mol. The molecule has 2 heterocycles. The monoisotopic (exact) mass is 534 g/mol. The van der Waals surface area contributed by atoms with Gasteiger partial charge in [-0.15, -0.1) is 0 Å². The number of aromatic amines is 1. The topological polar surface area (TPSA) is 61.7 Å². The molecule has 10 heteroatoms. The summed E-state index contributed by atoms with van der Waals surface area (Å²) in [5, 5.41) is 11.8. The van der Waals surface area contributed by atoms with Crippen LogP contribution in [0.15, 0.2) is 77.9 Å². The molecule has 1 saturated heterocycles. The van der Waals surface area contributed by atoms with E-state index in [0.717, 1.165) is 54.4 Å². The molecule has 0 bridgehead atoms. The smallest absolute Gasteiger partial charge is 0.216 e. The highest BCUT2D eigenvalue weighted by Gasteiger charge is 2.27. The van der Waals surface area contributed by atoms with E-state index in [9.17, 15) is 8.78 Å². The predicted molar refractivity (Wildman–Crippen MR) is 145 cm³/mol. The Morgan fingerprint density at radius 1 is 0.921 bits per heavy atom. The molecule has 0 unspecified atom stereocenters. The maximum atomic E-state index is 13.6. The number of benzene rings is 3. The van der Waals surface area contributed by atoms with Crippen molar-refractivity contribution in [3.8, 4) is 5.75 Å². The van der Waals surface area contributed by atoms with Gasteiger partial charge in [0.25, 0.3) is 0 Å². The van der Waals surface area contributed by atoms with E-state index in [1.165, 1.54) is 24.3 Å². The Morgan fingerprint density at radius 2 is 1.50 bits per heavy atom. The molecule has 5 rings (SSSR count). The molecule has 0 aliphatic carbocycles. The van der Waals surface area contributed by atoms with Gasteiger partial charge in [0.2, 0.25) is 4.77 Å². The molecule has 0 spiro atoms. The SMILES string of the molecule is COc1ccc(/C=N/n2c(CN3CCN(C(c4ccc(F)cc4)c4ccc(F)cc4)CC3)n[nH]c2=S)cc1. The van der Waals surface area contributed by atoms with E-state index in [2.05, 4.69) is 25.1 Å². The van der Waals surface area contributed by atoms with Crippen molar-refractivity contribution in [3.05, 3.63) is 112 Å². The molecule has 0 atom stereocenters. The molecule has 1 fully saturated rings. The first-order valence-corrected chi connectivity index (χ1v) is 12.7. The van der Waals surface area contributed by atoms with Gasteiger partial charge in [0.1, 0.15) is 17.4 Å². The highest BCUT2D eigenvalue weighted by Crippen LogP contribution is 2.30. The number of halogens is 2. The fourth-order valence-electron chi connectivity index (χ4n) is 4.64. The van der Waals surface area contributed by atoms with Gasteiger partial charge in [0.15, 0.2) is 5.82 Å². The lowest BCUT2D eigenvalue weighted by atomic mass is 9.96. The van der Waals surface area contributed by atoms with Crippen LogP contribution < -0.4 is 4.74 Å². The first-order valence-electron chi connectivity index (χ1n) is 12.3. The third-order valence-electron chi connectivity index (χ3n) is 6.66. The van der Waals surface area contributed by atoms with Crippen LogP contribution in [-0.4, -0.2) is 64.2 Å². The van der Waals surface area contributed by atoms with Crippen LogP contribution >= 0.6 is 12.2 Å². The average Bonchev–Trinajstić information content (AvgIpc) is 3.29. The second-order valence-electron chi connectivity index (χ2n) is 9.09. The summed E-state index contributed by atoms with van der Waals surface area (Å²) >= 11 is 5.41. The summed E-state index contributed by atoms with van der Waals surface area (Å²) in [6.07, 6.45) is 1.74. The summed E-state index contributed by atoms with van der Waals surface area (Å²) in [6, 6.07) is 20.6. The Balaban J connectivity index is 1.28. The molecular weight excluding hydrogens is 506 g/mol. The highest BCUT2D eigenvalue weighted by molar-refractivity contribution is 7.71. The molecule has 1 N–H and O–H groups in total. The van der Waals surface area contributed by atoms with E-state index in [-0.39, 0.29) is 17.7 Å². The number of ether oxygens (including phenoxy) is 1. The van der Waals surface area contributed by atoms with Crippen molar-refractivity contribution < 1.29 is 13.5 Å². The molecular formula is C28H28F2N6OS. The quantitative estimate of drug-likeness (QED) is 0.254. The largest absolute Gasteiger partial charge is 0.497 e. The standard InChI is InChI=1S/C28H28F2N6OS/c1-37-25-12-2-20(3-13-25)18-31-36-26(32-33-28(36)38)19-34-14-16-35(17-15-34)27(21-4-8-23(29)9-5-21)22-6-10-24(30)11-7-22/h2-13,18,27H,14-17,19H2,1H3,(H,33,38)/b31-18+. The maximum Gasteiger partial charge on any atom is 0.216 e. The molecule has 0 radical (unpaired) electrons. The maximum absolute atomic E-state index is 13.6. The fourth-order valence-corrected chi connectivity index (χ4v) is 4.84. The molecule has 38 heavy (non-hydrogen) atoms. The van der Waals surface area contributed by atoms with Crippen LogP contribution in [0.25, 0.3) is 0 Å². The zero-order chi connectivity index (χ0) is 26.5. The number of nitrogens with zero attached hydrogens (tertiary/aromatic N) is 5. The molecule has 196 valence electrons. The van der Waals surface area contributed by atoms with Crippen LogP contribution in [0.1, 0.15) is 28.6 Å². The second-order valence-corrected chi connectivity index (χ2v) is 9.48. The zero-order valence-electron chi connectivity index (χ0n) is 20.9. The zero-order valence-corrected chi connectivity index (χ0v) is 21.7. The van der Waals surface area contributed by atoms with Crippen LogP contribution in [-0.2, 0) is 6.54 Å². The number of piperazine rings is 1. The van der Waals surface area contributed by atoms with Gasteiger partial charge in [-0.05, 0) is 77.4 Å². The van der Waals surface area contributed by atoms with Gasteiger partial charge in [-0.3, -0.25) is 14.9 Å². The number of hydrogen-bond acceptors (Lipinski definition) is 6. The van der Waals surface area contributed by atoms with Crippen LogP contribution in [0.2, 0.25) is 0 Å². The third kappa shape index (κ3) is 6.04. The van der Waals surface area contributed by atoms with Crippen molar-refractivity contribution in [1.29, 1.82) is 0 Å². The summed E-state index contributed by atoms with van der Waals surface area (Å²) in [4.78, 5) is 4.64. The Hall–Kier alpha value is -3.73. The van der Waals surface area contributed by atoms with E-state index >= 15 is 0 Å². The van der Waals surface area contributed by atoms with E-state index in [4.69, 9.17) is 17.0 Å². The summed E-state index contributed by atoms with van der Waals surface area (Å²) in [6.45, 7) is 3.72. The lowest BCUT2D eigenvalue weighted by Gasteiger charge is -2.39. The minimum atomic E-state index is -0.278. The number of nitrogens with one attached hydrogen (secondary N) is 1. The van der Waals surface area contributed by atoms with Crippen molar-refractivity contribution in [1.82, 2.24) is 24.7 Å². The van der Waals surface area contributed by atoms with Gasteiger partial charge >= 0.3 is 0 Å². The van der Waals surface area contributed by atoms with Gasteiger partial charge in [0, 0.05) is 26.2 Å². The van der Waals surface area contributed by atoms with E-state index in [1.807, 2.05) is 24.3 Å². The molecule has 3 aromatic carbocycles. The Kier molecular flexibility index (Phi) is 8.02. The molecule has 1 aliphatic heterocycles. The van der Waals surface area contributed by atoms with Gasteiger partial charge in [-0.2, -0.15) is 14.9 Å². The molecule has 0 amide bonds. The highest BCUT2D eigenvalue weighted by atomic mass is 32.1. The number of H-pyrrole nitrogens is 1. The molecule has 4 aromatic rings. The lowest BCUT2D eigenvalue weighted by Crippen LogP contribution is -2.47. The molecule has 1 aromatic heterocycles. The molecule has 0 saturated carbocycles. The van der Waals surface area contributed by atoms with E-state index in [1.54, 1.807) is 42.3 Å². The van der Waals surface area contributed by atoms with Gasteiger partial charge in [0.05, 0.1) is 25.9 Å². The number of hydrogen-bond donors (Lipinski definition) is 1. The number of methoxy groups -OCH3 is 1. The van der Waals surface area contributed by atoms with Crippen molar-refractivity contribution in [2.45, 2.75) is 12.6 Å². The first-order chi connectivity index (χ1) is 18.5. The normalized spacial score (nSPS) is 14.9. The first kappa shape index (κ1) is 25.9. The van der Waals surface area contributed by atoms with Crippen LogP contribution in [0.4, 0.5) is 8.78 Å². The number of rotatable bonds is 8. The Labute approximate surface area is 225 Å². The Morgan fingerprint density at radius 3 is 2.05 bits per heavy atom. The lowest BCUT2D eigenvalue weighted by molar-refractivity contribution is 0.102. The summed E-state index contributed by atoms with van der Waals surface area (Å²) < 4.78 is 34.5. The van der Waals surface area contributed by atoms with E-state index in [0.29, 0.717) is 11.3 Å². The fraction of sp³-hybridized carbons (Fsp3) is 0.250. The van der Waals surface area contributed by atoms with Crippen LogP contribution in [0.3, 0.4) is 0 Å². The summed E-state index contributed by atoms with van der Waals surface area (Å²) in [5.41, 5.74) is 2.86. The third-order valence-corrected chi connectivity index (χ3v) is 6.93. The van der Waals surface area contributed by atoms with Crippen molar-refractivity contribution >= 4 is 18.4 Å². The molecule has 1 aliphatic rings. The van der Waals surface area contributed by atoms with Crippen LogP contribution in [0, 0.1) is 16.4 Å². The van der Waals surface area contributed by atoms with Crippen molar-refractivity contribution in [2.24, 2.45) is 5.10 Å². The predicted octanol–water partition coefficient (Wildman–Crippen LogP) is 5.02. The minimum absolute atomic E-state index is 0.0954. The minimum Gasteiger partial charge on any atom is -0.497 e. The van der Waals surface area contributed by atoms with Crippen molar-refractivity contribution in [2.75, 3.05) is 33.3 Å². The summed E-state index contributed by atoms with van der Waals surface area (Å²) in [5.74, 6) is 0.948. The van der Waals surface area contributed by atoms with Gasteiger partial charge in [-0.25, -0.2) is 8.78 Å². The Bertz CT molecular complexity index is 1380. The van der Waals surface area contributed by atoms with Gasteiger partial charge in [-0.1, -0.05) is 24.3 Å². The van der Waals surface area contributed by atoms with Crippen molar-refractivity contribution in [3.63, 3.8) is 0 Å². The summed E-state index contributed by atoms with van der Waals surface area (Å²) in [7, 11) is 1.63. The second kappa shape index (κ2) is 11.8. The molecule has 7 nitrogen and oxygen atoms in total. The number of aromatic nitrogens is 3. The van der Waals surface area contributed by atoms with Crippen LogP contribution in [0.5, 0.6) is 5.75 Å². The van der Waals surface area contributed by atoms with Gasteiger partial charge < -0.3 is 4.74 Å².